The van der Waals surface area contributed by atoms with Crippen molar-refractivity contribution in [3.8, 4) is 6.07 Å². The number of halogens is 1. The lowest BCUT2D eigenvalue weighted by molar-refractivity contribution is 0.220. The zero-order valence-corrected chi connectivity index (χ0v) is 10.8. The van der Waals surface area contributed by atoms with Gasteiger partial charge >= 0.3 is 0 Å². The van der Waals surface area contributed by atoms with Gasteiger partial charge in [-0.05, 0) is 23.4 Å². The van der Waals surface area contributed by atoms with Crippen molar-refractivity contribution in [3.05, 3.63) is 10.7 Å². The Morgan fingerprint density at radius 3 is 2.88 bits per heavy atom. The normalized spacial score (nSPS) is 11.2. The maximum atomic E-state index is 8.89. The van der Waals surface area contributed by atoms with Gasteiger partial charge in [-0.25, -0.2) is 0 Å². The standard InChI is InChI=1S/C10H14ClN3OS/c1-10(2,3-4-15)6-13-9-7(5-12)8(11)14-16-9/h13,15H,3-4,6H2,1-2H3. The Balaban J connectivity index is 2.65. The molecule has 0 atom stereocenters. The zero-order valence-electron chi connectivity index (χ0n) is 9.25. The minimum absolute atomic E-state index is 0.0298. The Labute approximate surface area is 104 Å². The topological polar surface area (TPSA) is 68.9 Å². The lowest BCUT2D eigenvalue weighted by Gasteiger charge is -2.23. The first-order valence-electron chi connectivity index (χ1n) is 4.90. The Kier molecular flexibility index (Phi) is 4.54. The molecule has 0 amide bonds. The molecule has 2 N–H and O–H groups in total. The minimum atomic E-state index is -0.0298. The molecule has 6 heteroatoms. The molecule has 0 spiro atoms. The van der Waals surface area contributed by atoms with Crippen molar-refractivity contribution in [1.82, 2.24) is 4.37 Å². The van der Waals surface area contributed by atoms with Crippen LogP contribution in [0, 0.1) is 16.7 Å². The van der Waals surface area contributed by atoms with E-state index in [1.54, 1.807) is 0 Å². The number of nitrogens with one attached hydrogen (secondary N) is 1. The summed E-state index contributed by atoms with van der Waals surface area (Å²) in [5, 5.41) is 21.9. The van der Waals surface area contributed by atoms with Crippen molar-refractivity contribution < 1.29 is 5.11 Å². The van der Waals surface area contributed by atoms with Gasteiger partial charge in [-0.2, -0.15) is 9.64 Å². The fourth-order valence-electron chi connectivity index (χ4n) is 1.20. The van der Waals surface area contributed by atoms with Crippen LogP contribution < -0.4 is 5.32 Å². The lowest BCUT2D eigenvalue weighted by Crippen LogP contribution is -2.24. The first-order chi connectivity index (χ1) is 7.50. The molecule has 1 rings (SSSR count). The van der Waals surface area contributed by atoms with E-state index in [1.165, 1.54) is 11.5 Å². The average molecular weight is 260 g/mol. The number of nitrogens with zero attached hydrogens (tertiary/aromatic N) is 2. The van der Waals surface area contributed by atoms with Gasteiger partial charge in [0.25, 0.3) is 0 Å². The lowest BCUT2D eigenvalue weighted by atomic mass is 9.90. The fourth-order valence-corrected chi connectivity index (χ4v) is 2.13. The van der Waals surface area contributed by atoms with E-state index in [1.807, 2.05) is 19.9 Å². The third kappa shape index (κ3) is 3.34. The summed E-state index contributed by atoms with van der Waals surface area (Å²) in [4.78, 5) is 0. The number of rotatable bonds is 5. The van der Waals surface area contributed by atoms with Crippen LogP contribution in [0.1, 0.15) is 25.8 Å². The van der Waals surface area contributed by atoms with Crippen molar-refractivity contribution in [3.63, 3.8) is 0 Å². The Hall–Kier alpha value is -0.830. The van der Waals surface area contributed by atoms with Crippen molar-refractivity contribution >= 4 is 28.1 Å². The van der Waals surface area contributed by atoms with Gasteiger partial charge in [0.05, 0.1) is 0 Å². The van der Waals surface area contributed by atoms with Gasteiger partial charge in [0.1, 0.15) is 16.6 Å². The van der Waals surface area contributed by atoms with Gasteiger partial charge in [-0.1, -0.05) is 25.4 Å². The number of aliphatic hydroxyl groups is 1. The summed E-state index contributed by atoms with van der Waals surface area (Å²) < 4.78 is 3.91. The largest absolute Gasteiger partial charge is 0.396 e. The number of hydrogen-bond donors (Lipinski definition) is 2. The fraction of sp³-hybridized carbons (Fsp3) is 0.600. The molecule has 0 aliphatic rings. The van der Waals surface area contributed by atoms with Crippen LogP contribution in [0.3, 0.4) is 0 Å². The number of hydrogen-bond acceptors (Lipinski definition) is 5. The number of aliphatic hydroxyl groups excluding tert-OH is 1. The molecule has 0 bridgehead atoms. The second-order valence-electron chi connectivity index (χ2n) is 4.28. The molecular formula is C10H14ClN3OS. The van der Waals surface area contributed by atoms with Gasteiger partial charge < -0.3 is 10.4 Å². The van der Waals surface area contributed by atoms with Crippen LogP contribution in [0.2, 0.25) is 5.15 Å². The van der Waals surface area contributed by atoms with Crippen LogP contribution in [-0.2, 0) is 0 Å². The molecule has 0 saturated heterocycles. The molecule has 0 radical (unpaired) electrons. The van der Waals surface area contributed by atoms with E-state index in [-0.39, 0.29) is 17.2 Å². The monoisotopic (exact) mass is 259 g/mol. The Morgan fingerprint density at radius 2 is 2.31 bits per heavy atom. The van der Waals surface area contributed by atoms with Crippen LogP contribution >= 0.6 is 23.1 Å². The van der Waals surface area contributed by atoms with Gasteiger partial charge in [-0.15, -0.1) is 0 Å². The van der Waals surface area contributed by atoms with Crippen LogP contribution in [0.25, 0.3) is 0 Å². The highest BCUT2D eigenvalue weighted by Crippen LogP contribution is 2.29. The molecule has 1 aromatic rings. The summed E-state index contributed by atoms with van der Waals surface area (Å²) in [5.41, 5.74) is 0.365. The predicted molar refractivity (Wildman–Crippen MR) is 65.8 cm³/mol. The van der Waals surface area contributed by atoms with Crippen LogP contribution in [0.15, 0.2) is 0 Å². The molecule has 0 aromatic carbocycles. The molecule has 0 aliphatic heterocycles. The van der Waals surface area contributed by atoms with E-state index in [4.69, 9.17) is 22.0 Å². The minimum Gasteiger partial charge on any atom is -0.396 e. The molecule has 1 aromatic heterocycles. The molecule has 0 fully saturated rings. The van der Waals surface area contributed by atoms with Gasteiger partial charge in [0.15, 0.2) is 5.15 Å². The summed E-state index contributed by atoms with van der Waals surface area (Å²) in [7, 11) is 0. The van der Waals surface area contributed by atoms with E-state index < -0.39 is 0 Å². The van der Waals surface area contributed by atoms with Gasteiger partial charge in [-0.3, -0.25) is 0 Å². The molecular weight excluding hydrogens is 246 g/mol. The molecule has 16 heavy (non-hydrogen) atoms. The smallest absolute Gasteiger partial charge is 0.162 e. The van der Waals surface area contributed by atoms with E-state index in [0.29, 0.717) is 23.5 Å². The highest BCUT2D eigenvalue weighted by molar-refractivity contribution is 7.10. The summed E-state index contributed by atoms with van der Waals surface area (Å²) in [5.74, 6) is 0. The molecule has 0 aliphatic carbocycles. The third-order valence-electron chi connectivity index (χ3n) is 2.28. The summed E-state index contributed by atoms with van der Waals surface area (Å²) in [6.45, 7) is 4.92. The van der Waals surface area contributed by atoms with Crippen molar-refractivity contribution in [1.29, 1.82) is 5.26 Å². The third-order valence-corrected chi connectivity index (χ3v) is 3.46. The summed E-state index contributed by atoms with van der Waals surface area (Å²) in [6, 6.07) is 2.02. The van der Waals surface area contributed by atoms with Crippen LogP contribution in [0.5, 0.6) is 0 Å². The number of aromatic nitrogens is 1. The number of nitriles is 1. The predicted octanol–water partition coefficient (Wildman–Crippen LogP) is 2.49. The Bertz CT molecular complexity index is 397. The highest BCUT2D eigenvalue weighted by atomic mass is 35.5. The Morgan fingerprint density at radius 1 is 1.62 bits per heavy atom. The second kappa shape index (κ2) is 5.48. The van der Waals surface area contributed by atoms with Crippen molar-refractivity contribution in [2.24, 2.45) is 5.41 Å². The number of anilines is 1. The van der Waals surface area contributed by atoms with E-state index >= 15 is 0 Å². The van der Waals surface area contributed by atoms with Crippen LogP contribution in [0.4, 0.5) is 5.00 Å². The van der Waals surface area contributed by atoms with Crippen LogP contribution in [-0.4, -0.2) is 22.6 Å². The maximum Gasteiger partial charge on any atom is 0.162 e. The van der Waals surface area contributed by atoms with Gasteiger partial charge in [0, 0.05) is 13.2 Å². The molecule has 0 unspecified atom stereocenters. The first-order valence-corrected chi connectivity index (χ1v) is 6.05. The van der Waals surface area contributed by atoms with Crippen molar-refractivity contribution in [2.45, 2.75) is 20.3 Å². The summed E-state index contributed by atoms with van der Waals surface area (Å²) in [6.07, 6.45) is 0.703. The first kappa shape index (κ1) is 13.2. The molecule has 4 nitrogen and oxygen atoms in total. The maximum absolute atomic E-state index is 8.89. The molecule has 88 valence electrons. The summed E-state index contributed by atoms with van der Waals surface area (Å²) >= 11 is 6.93. The van der Waals surface area contributed by atoms with Gasteiger partial charge in [0.2, 0.25) is 0 Å². The van der Waals surface area contributed by atoms with Crippen molar-refractivity contribution in [2.75, 3.05) is 18.5 Å². The highest BCUT2D eigenvalue weighted by Gasteiger charge is 2.19. The SMILES string of the molecule is CC(C)(CCO)CNc1snc(Cl)c1C#N. The van der Waals surface area contributed by atoms with E-state index in [0.717, 1.165) is 0 Å². The van der Waals surface area contributed by atoms with E-state index in [2.05, 4.69) is 9.69 Å². The quantitative estimate of drug-likeness (QED) is 0.852. The molecule has 1 heterocycles. The average Bonchev–Trinajstić information content (AvgIpc) is 2.56. The zero-order chi connectivity index (χ0) is 12.2. The second-order valence-corrected chi connectivity index (χ2v) is 5.41. The van der Waals surface area contributed by atoms with E-state index in [9.17, 15) is 0 Å². The molecule has 0 saturated carbocycles.